The normalized spacial score (nSPS) is 19.6. The minimum absolute atomic E-state index is 0.279. The van der Waals surface area contributed by atoms with Crippen molar-refractivity contribution in [3.05, 3.63) is 29.8 Å². The van der Waals surface area contributed by atoms with Crippen molar-refractivity contribution in [2.45, 2.75) is 29.9 Å². The van der Waals surface area contributed by atoms with E-state index in [2.05, 4.69) is 17.3 Å². The lowest BCUT2D eigenvalue weighted by atomic mass is 10.0. The maximum absolute atomic E-state index is 11.4. The Bertz CT molecular complexity index is 549. The molecule has 0 bridgehead atoms. The highest BCUT2D eigenvalue weighted by molar-refractivity contribution is 7.90. The summed E-state index contributed by atoms with van der Waals surface area (Å²) in [6.07, 6.45) is 2.75. The van der Waals surface area contributed by atoms with Crippen LogP contribution in [0.1, 0.15) is 24.5 Å². The van der Waals surface area contributed by atoms with E-state index in [0.29, 0.717) is 12.6 Å². The Kier molecular flexibility index (Phi) is 5.37. The molecule has 1 fully saturated rings. The highest BCUT2D eigenvalue weighted by Crippen LogP contribution is 2.17. The molecule has 2 rings (SSSR count). The van der Waals surface area contributed by atoms with Gasteiger partial charge >= 0.3 is 0 Å². The maximum Gasteiger partial charge on any atom is 0.175 e. The zero-order valence-corrected chi connectivity index (χ0v) is 13.4. The Morgan fingerprint density at radius 2 is 1.86 bits per heavy atom. The first-order valence-electron chi connectivity index (χ1n) is 7.26. The zero-order valence-electron chi connectivity index (χ0n) is 12.6. The van der Waals surface area contributed by atoms with Crippen LogP contribution in [-0.4, -0.2) is 57.4 Å². The lowest BCUT2D eigenvalue weighted by Crippen LogP contribution is -2.42. The Hall–Kier alpha value is -0.950. The van der Waals surface area contributed by atoms with Crippen molar-refractivity contribution in [1.29, 1.82) is 0 Å². The molecule has 1 aromatic carbocycles. The quantitative estimate of drug-likeness (QED) is 0.842. The molecular formula is C15H24N2O3S. The molecule has 0 radical (unpaired) electrons. The number of hydrogen-bond donors (Lipinski definition) is 2. The molecule has 0 amide bonds. The van der Waals surface area contributed by atoms with Gasteiger partial charge in [0.25, 0.3) is 0 Å². The largest absolute Gasteiger partial charge is 0.387 e. The van der Waals surface area contributed by atoms with Crippen molar-refractivity contribution in [2.75, 3.05) is 32.9 Å². The van der Waals surface area contributed by atoms with E-state index in [-0.39, 0.29) is 4.90 Å². The fourth-order valence-electron chi connectivity index (χ4n) is 2.55. The highest BCUT2D eigenvalue weighted by atomic mass is 32.2. The summed E-state index contributed by atoms with van der Waals surface area (Å²) in [5.41, 5.74) is 0.739. The molecule has 6 heteroatoms. The molecule has 0 spiro atoms. The van der Waals surface area contributed by atoms with Gasteiger partial charge in [0.1, 0.15) is 0 Å². The van der Waals surface area contributed by atoms with Crippen LogP contribution in [0.4, 0.5) is 0 Å². The van der Waals surface area contributed by atoms with Crippen LogP contribution in [0.2, 0.25) is 0 Å². The number of sulfone groups is 1. The molecule has 1 atom stereocenters. The van der Waals surface area contributed by atoms with E-state index in [0.717, 1.165) is 31.5 Å². The van der Waals surface area contributed by atoms with E-state index in [1.807, 2.05) is 0 Å². The van der Waals surface area contributed by atoms with Crippen LogP contribution in [0.25, 0.3) is 0 Å². The number of nitrogens with zero attached hydrogens (tertiary/aromatic N) is 1. The van der Waals surface area contributed by atoms with E-state index in [4.69, 9.17) is 0 Å². The van der Waals surface area contributed by atoms with Gasteiger partial charge in [-0.05, 0) is 50.7 Å². The summed E-state index contributed by atoms with van der Waals surface area (Å²) in [7, 11) is -1.06. The molecule has 5 nitrogen and oxygen atoms in total. The van der Waals surface area contributed by atoms with Gasteiger partial charge in [0.05, 0.1) is 11.0 Å². The van der Waals surface area contributed by atoms with Gasteiger partial charge in [-0.2, -0.15) is 0 Å². The van der Waals surface area contributed by atoms with E-state index < -0.39 is 15.9 Å². The molecule has 2 N–H and O–H groups in total. The number of hydrogen-bond acceptors (Lipinski definition) is 5. The molecule has 1 aliphatic heterocycles. The summed E-state index contributed by atoms with van der Waals surface area (Å²) in [4.78, 5) is 2.58. The molecule has 0 aromatic heterocycles. The monoisotopic (exact) mass is 312 g/mol. The molecule has 118 valence electrons. The standard InChI is InChI=1S/C15H24N2O3S/c1-17-9-7-13(8-10-17)16-11-15(18)12-3-5-14(6-4-12)21(2,19)20/h3-6,13,15-16,18H,7-11H2,1-2H3. The number of aliphatic hydroxyl groups excluding tert-OH is 1. The fourth-order valence-corrected chi connectivity index (χ4v) is 3.18. The van der Waals surface area contributed by atoms with Crippen molar-refractivity contribution < 1.29 is 13.5 Å². The number of aliphatic hydroxyl groups is 1. The molecule has 1 unspecified atom stereocenters. The van der Waals surface area contributed by atoms with Gasteiger partial charge < -0.3 is 15.3 Å². The van der Waals surface area contributed by atoms with Gasteiger partial charge in [-0.3, -0.25) is 0 Å². The summed E-state index contributed by atoms with van der Waals surface area (Å²) >= 11 is 0. The minimum atomic E-state index is -3.18. The number of piperidine rings is 1. The highest BCUT2D eigenvalue weighted by Gasteiger charge is 2.17. The van der Waals surface area contributed by atoms with Crippen molar-refractivity contribution in [1.82, 2.24) is 10.2 Å². The van der Waals surface area contributed by atoms with E-state index >= 15 is 0 Å². The molecule has 1 aliphatic rings. The second kappa shape index (κ2) is 6.87. The van der Waals surface area contributed by atoms with Gasteiger partial charge in [-0.1, -0.05) is 12.1 Å². The van der Waals surface area contributed by atoms with Gasteiger partial charge in [-0.15, -0.1) is 0 Å². The Balaban J connectivity index is 1.87. The van der Waals surface area contributed by atoms with Crippen molar-refractivity contribution in [3.8, 4) is 0 Å². The SMILES string of the molecule is CN1CCC(NCC(O)c2ccc(S(C)(=O)=O)cc2)CC1. The van der Waals surface area contributed by atoms with Crippen LogP contribution in [0.5, 0.6) is 0 Å². The van der Waals surface area contributed by atoms with Crippen molar-refractivity contribution in [2.24, 2.45) is 0 Å². The van der Waals surface area contributed by atoms with Gasteiger partial charge in [0.2, 0.25) is 0 Å². The molecule has 0 aliphatic carbocycles. The third-order valence-electron chi connectivity index (χ3n) is 4.01. The van der Waals surface area contributed by atoms with Crippen LogP contribution in [0.3, 0.4) is 0 Å². The van der Waals surface area contributed by atoms with E-state index in [9.17, 15) is 13.5 Å². The summed E-state index contributed by atoms with van der Waals surface area (Å²) in [6, 6.07) is 6.90. The lowest BCUT2D eigenvalue weighted by Gasteiger charge is -2.30. The summed E-state index contributed by atoms with van der Waals surface area (Å²) < 4.78 is 22.8. The van der Waals surface area contributed by atoms with Crippen LogP contribution >= 0.6 is 0 Å². The number of nitrogens with one attached hydrogen (secondary N) is 1. The second-order valence-electron chi connectivity index (χ2n) is 5.84. The predicted octanol–water partition coefficient (Wildman–Crippen LogP) is 0.807. The van der Waals surface area contributed by atoms with Gasteiger partial charge in [0, 0.05) is 18.8 Å². The second-order valence-corrected chi connectivity index (χ2v) is 7.86. The molecular weight excluding hydrogens is 288 g/mol. The number of benzene rings is 1. The van der Waals surface area contributed by atoms with Crippen molar-refractivity contribution in [3.63, 3.8) is 0 Å². The summed E-state index contributed by atoms with van der Waals surface area (Å²) in [5.74, 6) is 0. The molecule has 21 heavy (non-hydrogen) atoms. The van der Waals surface area contributed by atoms with Crippen LogP contribution in [0, 0.1) is 0 Å². The average molecular weight is 312 g/mol. The first-order chi connectivity index (χ1) is 9.86. The molecule has 1 aromatic rings. The maximum atomic E-state index is 11.4. The molecule has 0 saturated carbocycles. The third kappa shape index (κ3) is 4.78. The Labute approximate surface area is 126 Å². The number of rotatable bonds is 5. The molecule has 1 heterocycles. The van der Waals surface area contributed by atoms with E-state index in [1.54, 1.807) is 24.3 Å². The predicted molar refractivity (Wildman–Crippen MR) is 83.0 cm³/mol. The van der Waals surface area contributed by atoms with E-state index in [1.165, 1.54) is 6.26 Å². The average Bonchev–Trinajstić information content (AvgIpc) is 2.45. The topological polar surface area (TPSA) is 69.6 Å². The van der Waals surface area contributed by atoms with Crippen LogP contribution in [-0.2, 0) is 9.84 Å². The third-order valence-corrected chi connectivity index (χ3v) is 5.14. The smallest absolute Gasteiger partial charge is 0.175 e. The number of likely N-dealkylation sites (tertiary alicyclic amines) is 1. The summed E-state index contributed by atoms with van der Waals surface area (Å²) in [6.45, 7) is 2.65. The first kappa shape index (κ1) is 16.4. The van der Waals surface area contributed by atoms with Gasteiger partial charge in [-0.25, -0.2) is 8.42 Å². The summed E-state index contributed by atoms with van der Waals surface area (Å²) in [5, 5.41) is 13.6. The van der Waals surface area contributed by atoms with Crippen LogP contribution < -0.4 is 5.32 Å². The lowest BCUT2D eigenvalue weighted by molar-refractivity contribution is 0.157. The van der Waals surface area contributed by atoms with Gasteiger partial charge in [0.15, 0.2) is 9.84 Å². The Morgan fingerprint density at radius 1 is 1.29 bits per heavy atom. The van der Waals surface area contributed by atoms with Crippen LogP contribution in [0.15, 0.2) is 29.2 Å². The Morgan fingerprint density at radius 3 is 2.38 bits per heavy atom. The minimum Gasteiger partial charge on any atom is -0.387 e. The molecule has 1 saturated heterocycles. The fraction of sp³-hybridized carbons (Fsp3) is 0.600. The van der Waals surface area contributed by atoms with Crippen molar-refractivity contribution >= 4 is 9.84 Å². The zero-order chi connectivity index (χ0) is 15.5. The first-order valence-corrected chi connectivity index (χ1v) is 9.15.